The van der Waals surface area contributed by atoms with E-state index in [-0.39, 0.29) is 6.61 Å². The molecule has 0 spiro atoms. The summed E-state index contributed by atoms with van der Waals surface area (Å²) in [5.41, 5.74) is 3.16. The second-order valence-corrected chi connectivity index (χ2v) is 5.93. The first-order valence-corrected chi connectivity index (χ1v) is 8.34. The molecule has 120 valence electrons. The molecule has 7 nitrogen and oxygen atoms in total. The summed E-state index contributed by atoms with van der Waals surface area (Å²) in [6.45, 7) is 3.67. The summed E-state index contributed by atoms with van der Waals surface area (Å²) in [7, 11) is -4.13. The van der Waals surface area contributed by atoms with Gasteiger partial charge in [0.05, 0.1) is 6.61 Å². The molecule has 0 aliphatic heterocycles. The SMILES string of the molecule is CCCCCCCCC(=O)O.CCOP(=O)(O)C(N)=O. The Hall–Kier alpha value is -0.910. The number of nitrogens with two attached hydrogens (primary N) is 1. The molecule has 0 aliphatic carbocycles. The van der Waals surface area contributed by atoms with E-state index in [1.54, 1.807) is 0 Å². The predicted molar refractivity (Wildman–Crippen MR) is 76.7 cm³/mol. The van der Waals surface area contributed by atoms with E-state index in [0.29, 0.717) is 6.42 Å². The number of primary amides is 1. The van der Waals surface area contributed by atoms with Gasteiger partial charge in [-0.3, -0.25) is 9.59 Å². The summed E-state index contributed by atoms with van der Waals surface area (Å²) in [6.07, 6.45) is 7.25. The van der Waals surface area contributed by atoms with Crippen molar-refractivity contribution in [1.29, 1.82) is 0 Å². The van der Waals surface area contributed by atoms with E-state index in [1.165, 1.54) is 32.6 Å². The van der Waals surface area contributed by atoms with Crippen LogP contribution in [0.2, 0.25) is 0 Å². The average molecular weight is 311 g/mol. The molecule has 0 heterocycles. The number of carboxylic acid groups (broad SMARTS) is 1. The molecule has 0 saturated heterocycles. The van der Waals surface area contributed by atoms with E-state index in [1.807, 2.05) is 0 Å². The zero-order valence-corrected chi connectivity index (χ0v) is 13.1. The lowest BCUT2D eigenvalue weighted by Gasteiger charge is -2.03. The molecule has 0 aromatic carbocycles. The highest BCUT2D eigenvalue weighted by atomic mass is 31.2. The maximum atomic E-state index is 10.4. The number of carbonyl (C=O) groups excluding carboxylic acids is 1. The van der Waals surface area contributed by atoms with Gasteiger partial charge in [-0.1, -0.05) is 39.0 Å². The number of carbonyl (C=O) groups is 2. The van der Waals surface area contributed by atoms with Crippen molar-refractivity contribution in [3.63, 3.8) is 0 Å². The Morgan fingerprint density at radius 3 is 1.95 bits per heavy atom. The van der Waals surface area contributed by atoms with Crippen molar-refractivity contribution in [2.24, 2.45) is 5.73 Å². The van der Waals surface area contributed by atoms with Gasteiger partial charge in [0.15, 0.2) is 0 Å². The molecular weight excluding hydrogens is 285 g/mol. The highest BCUT2D eigenvalue weighted by Crippen LogP contribution is 2.40. The second-order valence-electron chi connectivity index (χ2n) is 4.19. The Balaban J connectivity index is 0. The Labute approximate surface area is 120 Å². The summed E-state index contributed by atoms with van der Waals surface area (Å²) in [5.74, 6) is -0.666. The smallest absolute Gasteiger partial charge is 0.415 e. The highest BCUT2D eigenvalue weighted by molar-refractivity contribution is 7.70. The molecule has 4 N–H and O–H groups in total. The number of hydrogen-bond acceptors (Lipinski definition) is 4. The van der Waals surface area contributed by atoms with Crippen LogP contribution in [0.3, 0.4) is 0 Å². The van der Waals surface area contributed by atoms with Crippen molar-refractivity contribution in [2.75, 3.05) is 6.61 Å². The van der Waals surface area contributed by atoms with Crippen LogP contribution in [-0.4, -0.2) is 28.2 Å². The van der Waals surface area contributed by atoms with Gasteiger partial charge in [-0.05, 0) is 13.3 Å². The monoisotopic (exact) mass is 311 g/mol. The van der Waals surface area contributed by atoms with E-state index in [0.717, 1.165) is 12.8 Å². The van der Waals surface area contributed by atoms with Crippen molar-refractivity contribution < 1.29 is 28.7 Å². The Kier molecular flexibility index (Phi) is 14.0. The van der Waals surface area contributed by atoms with E-state index >= 15 is 0 Å². The third-order valence-electron chi connectivity index (χ3n) is 2.33. The summed E-state index contributed by atoms with van der Waals surface area (Å²) in [4.78, 5) is 28.5. The van der Waals surface area contributed by atoms with Crippen molar-refractivity contribution in [2.45, 2.75) is 58.8 Å². The number of rotatable bonds is 10. The minimum Gasteiger partial charge on any atom is -0.481 e. The molecular formula is C12H26NO6P. The van der Waals surface area contributed by atoms with Crippen LogP contribution in [0.15, 0.2) is 0 Å². The molecule has 0 aliphatic rings. The van der Waals surface area contributed by atoms with Gasteiger partial charge in [-0.25, -0.2) is 4.57 Å². The summed E-state index contributed by atoms with van der Waals surface area (Å²) in [5, 5.41) is 8.32. The van der Waals surface area contributed by atoms with Gasteiger partial charge in [0, 0.05) is 6.42 Å². The fraction of sp³-hybridized carbons (Fsp3) is 0.833. The summed E-state index contributed by atoms with van der Waals surface area (Å²) >= 11 is 0. The molecule has 0 saturated carbocycles. The first-order chi connectivity index (χ1) is 9.27. The van der Waals surface area contributed by atoms with Crippen molar-refractivity contribution in [1.82, 2.24) is 0 Å². The fourth-order valence-electron chi connectivity index (χ4n) is 1.30. The minimum atomic E-state index is -4.13. The molecule has 8 heteroatoms. The Bertz CT molecular complexity index is 321. The van der Waals surface area contributed by atoms with Gasteiger partial charge < -0.3 is 20.3 Å². The molecule has 0 rings (SSSR count). The van der Waals surface area contributed by atoms with Gasteiger partial charge in [0.2, 0.25) is 0 Å². The molecule has 20 heavy (non-hydrogen) atoms. The number of aliphatic carboxylic acids is 1. The van der Waals surface area contributed by atoms with Crippen molar-refractivity contribution in [3.05, 3.63) is 0 Å². The molecule has 0 bridgehead atoms. The van der Waals surface area contributed by atoms with Crippen molar-refractivity contribution in [3.8, 4) is 0 Å². The number of amides is 1. The van der Waals surface area contributed by atoms with Gasteiger partial charge in [-0.2, -0.15) is 0 Å². The lowest BCUT2D eigenvalue weighted by Crippen LogP contribution is -2.10. The number of carboxylic acids is 1. The largest absolute Gasteiger partial charge is 0.481 e. The van der Waals surface area contributed by atoms with Crippen LogP contribution >= 0.6 is 7.60 Å². The normalized spacial score (nSPS) is 12.9. The average Bonchev–Trinajstić information content (AvgIpc) is 2.34. The van der Waals surface area contributed by atoms with Gasteiger partial charge in [0.1, 0.15) is 0 Å². The molecule has 1 atom stereocenters. The van der Waals surface area contributed by atoms with Crippen LogP contribution in [0, 0.1) is 0 Å². The van der Waals surface area contributed by atoms with Crippen LogP contribution in [0.4, 0.5) is 4.79 Å². The van der Waals surface area contributed by atoms with E-state index < -0.39 is 19.2 Å². The molecule has 1 amide bonds. The predicted octanol–water partition coefficient (Wildman–Crippen LogP) is 3.11. The van der Waals surface area contributed by atoms with Crippen LogP contribution in [0.1, 0.15) is 58.8 Å². The lowest BCUT2D eigenvalue weighted by molar-refractivity contribution is -0.137. The topological polar surface area (TPSA) is 127 Å². The third kappa shape index (κ3) is 15.1. The first kappa shape index (κ1) is 21.4. The standard InChI is InChI=1S/C9H18O2.C3H8NO4P/c1-2-3-4-5-6-7-8-9(10)11;1-2-8-9(6,7)3(4)5/h2-8H2,1H3,(H,10,11);2H2,1H3,(H2,4,5)(H,6,7). The van der Waals surface area contributed by atoms with E-state index in [4.69, 9.17) is 10.00 Å². The van der Waals surface area contributed by atoms with Crippen LogP contribution in [0.25, 0.3) is 0 Å². The zero-order chi connectivity index (χ0) is 16.0. The van der Waals surface area contributed by atoms with Crippen LogP contribution in [-0.2, 0) is 13.9 Å². The maximum absolute atomic E-state index is 10.4. The first-order valence-electron chi connectivity index (χ1n) is 6.77. The van der Waals surface area contributed by atoms with E-state index in [2.05, 4.69) is 17.2 Å². The van der Waals surface area contributed by atoms with Crippen molar-refractivity contribution >= 4 is 19.2 Å². The van der Waals surface area contributed by atoms with E-state index in [9.17, 15) is 14.2 Å². The van der Waals surface area contributed by atoms with Gasteiger partial charge in [-0.15, -0.1) is 0 Å². The zero-order valence-electron chi connectivity index (χ0n) is 12.2. The van der Waals surface area contributed by atoms with Crippen LogP contribution < -0.4 is 5.73 Å². The van der Waals surface area contributed by atoms with Gasteiger partial charge in [0.25, 0.3) is 0 Å². The molecule has 1 unspecified atom stereocenters. The van der Waals surface area contributed by atoms with Crippen LogP contribution in [0.5, 0.6) is 0 Å². The fourth-order valence-corrected chi connectivity index (χ4v) is 1.77. The highest BCUT2D eigenvalue weighted by Gasteiger charge is 2.26. The number of unbranched alkanes of at least 4 members (excludes halogenated alkanes) is 5. The number of hydrogen-bond donors (Lipinski definition) is 3. The Morgan fingerprint density at radius 2 is 1.60 bits per heavy atom. The maximum Gasteiger partial charge on any atom is 0.415 e. The molecule has 0 aromatic heterocycles. The van der Waals surface area contributed by atoms with Gasteiger partial charge >= 0.3 is 19.2 Å². The minimum absolute atomic E-state index is 0.00326. The summed E-state index contributed by atoms with van der Waals surface area (Å²) in [6, 6.07) is 0. The molecule has 0 aromatic rings. The summed E-state index contributed by atoms with van der Waals surface area (Å²) < 4.78 is 14.5. The lowest BCUT2D eigenvalue weighted by atomic mass is 10.1. The molecule has 0 radical (unpaired) electrons. The third-order valence-corrected chi connectivity index (χ3v) is 3.49. The quantitative estimate of drug-likeness (QED) is 0.420. The Morgan fingerprint density at radius 1 is 1.10 bits per heavy atom. The second kappa shape index (κ2) is 13.1. The molecule has 0 fully saturated rings.